The van der Waals surface area contributed by atoms with Gasteiger partial charge in [0.2, 0.25) is 15.7 Å². The number of pyridine rings is 1. The molecule has 0 aromatic carbocycles. The molecule has 0 fully saturated rings. The zero-order valence-electron chi connectivity index (χ0n) is 12.2. The lowest BCUT2D eigenvalue weighted by molar-refractivity contribution is -0.122. The predicted molar refractivity (Wildman–Crippen MR) is 77.8 cm³/mol. The van der Waals surface area contributed by atoms with Gasteiger partial charge in [-0.1, -0.05) is 6.92 Å². The van der Waals surface area contributed by atoms with Gasteiger partial charge < -0.3 is 11.1 Å². The second-order valence-corrected chi connectivity index (χ2v) is 7.50. The van der Waals surface area contributed by atoms with Crippen LogP contribution in [0.3, 0.4) is 0 Å². The second kappa shape index (κ2) is 5.78. The fourth-order valence-corrected chi connectivity index (χ4v) is 2.75. The number of rotatable bonds is 5. The fourth-order valence-electron chi connectivity index (χ4n) is 1.47. The van der Waals surface area contributed by atoms with Gasteiger partial charge >= 0.3 is 0 Å². The number of anilines is 1. The number of carbonyl (C=O) groups is 1. The molecule has 0 spiro atoms. The van der Waals surface area contributed by atoms with Crippen molar-refractivity contribution in [3.8, 4) is 0 Å². The minimum Gasteiger partial charge on any atom is -0.396 e. The van der Waals surface area contributed by atoms with Crippen LogP contribution in [0.4, 0.5) is 5.69 Å². The van der Waals surface area contributed by atoms with E-state index in [1.807, 2.05) is 20.8 Å². The van der Waals surface area contributed by atoms with E-state index in [4.69, 9.17) is 5.73 Å². The van der Waals surface area contributed by atoms with Crippen LogP contribution in [0.2, 0.25) is 0 Å². The summed E-state index contributed by atoms with van der Waals surface area (Å²) < 4.78 is 24.7. The van der Waals surface area contributed by atoms with Crippen LogP contribution in [0, 0.1) is 0 Å². The van der Waals surface area contributed by atoms with Crippen molar-refractivity contribution in [2.75, 3.05) is 5.73 Å². The summed E-state index contributed by atoms with van der Waals surface area (Å²) in [6, 6.07) is 2.99. The first kappa shape index (κ1) is 16.4. The number of sulfone groups is 1. The molecule has 1 aromatic heterocycles. The van der Waals surface area contributed by atoms with Crippen molar-refractivity contribution in [1.82, 2.24) is 10.3 Å². The Morgan fingerprint density at radius 3 is 2.60 bits per heavy atom. The Balaban J connectivity index is 3.05. The maximum atomic E-state index is 12.4. The van der Waals surface area contributed by atoms with E-state index in [1.165, 1.54) is 19.2 Å². The van der Waals surface area contributed by atoms with E-state index >= 15 is 0 Å². The van der Waals surface area contributed by atoms with Crippen LogP contribution in [-0.4, -0.2) is 30.1 Å². The molecular weight excluding hydrogens is 278 g/mol. The van der Waals surface area contributed by atoms with E-state index < -0.39 is 26.5 Å². The lowest BCUT2D eigenvalue weighted by Gasteiger charge is -2.26. The van der Waals surface area contributed by atoms with Gasteiger partial charge in [0.1, 0.15) is 5.25 Å². The summed E-state index contributed by atoms with van der Waals surface area (Å²) in [4.78, 5) is 15.9. The number of nitrogens with one attached hydrogen (secondary N) is 1. The summed E-state index contributed by atoms with van der Waals surface area (Å²) in [6.45, 7) is 6.92. The van der Waals surface area contributed by atoms with Crippen LogP contribution in [0.15, 0.2) is 23.4 Å². The summed E-state index contributed by atoms with van der Waals surface area (Å²) in [6.07, 6.45) is 2.03. The number of hydrogen-bond donors (Lipinski definition) is 2. The van der Waals surface area contributed by atoms with E-state index in [0.29, 0.717) is 6.42 Å². The van der Waals surface area contributed by atoms with Crippen molar-refractivity contribution in [2.45, 2.75) is 49.9 Å². The molecule has 3 N–H and O–H groups in total. The number of aromatic nitrogens is 1. The van der Waals surface area contributed by atoms with Gasteiger partial charge in [0.15, 0.2) is 5.03 Å². The van der Waals surface area contributed by atoms with Crippen molar-refractivity contribution < 1.29 is 13.2 Å². The zero-order valence-corrected chi connectivity index (χ0v) is 13.0. The average Bonchev–Trinajstić information content (AvgIpc) is 2.37. The Kier molecular flexibility index (Phi) is 4.75. The quantitative estimate of drug-likeness (QED) is 0.848. The van der Waals surface area contributed by atoms with E-state index in [9.17, 15) is 13.2 Å². The Labute approximate surface area is 119 Å². The molecule has 112 valence electrons. The van der Waals surface area contributed by atoms with Crippen molar-refractivity contribution in [3.63, 3.8) is 0 Å². The summed E-state index contributed by atoms with van der Waals surface area (Å²) in [5.74, 6) is -0.554. The van der Waals surface area contributed by atoms with Crippen LogP contribution >= 0.6 is 0 Å². The van der Waals surface area contributed by atoms with Crippen molar-refractivity contribution in [3.05, 3.63) is 18.3 Å². The maximum absolute atomic E-state index is 12.4. The molecular formula is C13H21N3O3S. The molecule has 1 heterocycles. The molecule has 0 aliphatic rings. The topological polar surface area (TPSA) is 102 Å². The van der Waals surface area contributed by atoms with E-state index in [-0.39, 0.29) is 10.7 Å². The second-order valence-electron chi connectivity index (χ2n) is 5.31. The first-order valence-corrected chi connectivity index (χ1v) is 7.93. The van der Waals surface area contributed by atoms with Gasteiger partial charge in [-0.25, -0.2) is 13.4 Å². The fraction of sp³-hybridized carbons (Fsp3) is 0.538. The van der Waals surface area contributed by atoms with Gasteiger partial charge in [-0.2, -0.15) is 0 Å². The van der Waals surface area contributed by atoms with E-state index in [2.05, 4.69) is 10.3 Å². The normalized spacial score (nSPS) is 13.8. The molecule has 20 heavy (non-hydrogen) atoms. The minimum absolute atomic E-state index is 0.0434. The summed E-state index contributed by atoms with van der Waals surface area (Å²) >= 11 is 0. The molecule has 0 saturated heterocycles. The summed E-state index contributed by atoms with van der Waals surface area (Å²) in [7, 11) is -3.90. The van der Waals surface area contributed by atoms with Gasteiger partial charge in [-0.05, 0) is 39.3 Å². The number of hydrogen-bond acceptors (Lipinski definition) is 5. The zero-order chi connectivity index (χ0) is 15.6. The van der Waals surface area contributed by atoms with Gasteiger partial charge in [0, 0.05) is 11.7 Å². The molecule has 1 rings (SSSR count). The first-order chi connectivity index (χ1) is 9.12. The van der Waals surface area contributed by atoms with Crippen LogP contribution in [-0.2, 0) is 14.6 Å². The number of amides is 1. The average molecular weight is 299 g/mol. The number of nitrogens with two attached hydrogens (primary N) is 1. The maximum Gasteiger partial charge on any atom is 0.238 e. The van der Waals surface area contributed by atoms with Gasteiger partial charge in [0.25, 0.3) is 0 Å². The third-order valence-corrected chi connectivity index (χ3v) is 5.28. The Morgan fingerprint density at radius 2 is 2.10 bits per heavy atom. The Hall–Kier alpha value is -1.63. The summed E-state index contributed by atoms with van der Waals surface area (Å²) in [5.41, 5.74) is 5.21. The molecule has 1 amide bonds. The number of nitrogen functional groups attached to an aromatic ring is 1. The molecule has 0 aliphatic carbocycles. The Morgan fingerprint density at radius 1 is 1.50 bits per heavy atom. The molecule has 0 aliphatic heterocycles. The van der Waals surface area contributed by atoms with E-state index in [0.717, 1.165) is 0 Å². The number of nitrogens with zero attached hydrogens (tertiary/aromatic N) is 1. The third-order valence-electron chi connectivity index (χ3n) is 3.25. The molecule has 7 heteroatoms. The molecule has 0 saturated carbocycles. The molecule has 1 aromatic rings. The van der Waals surface area contributed by atoms with Gasteiger partial charge in [-0.15, -0.1) is 0 Å². The van der Waals surface area contributed by atoms with Gasteiger partial charge in [-0.3, -0.25) is 4.79 Å². The molecule has 0 radical (unpaired) electrons. The highest BCUT2D eigenvalue weighted by Crippen LogP contribution is 2.20. The highest BCUT2D eigenvalue weighted by Gasteiger charge is 2.34. The van der Waals surface area contributed by atoms with Crippen molar-refractivity contribution >= 4 is 21.4 Å². The largest absolute Gasteiger partial charge is 0.396 e. The number of carbonyl (C=O) groups excluding carboxylic acids is 1. The van der Waals surface area contributed by atoms with Crippen molar-refractivity contribution in [2.24, 2.45) is 0 Å². The Bertz CT molecular complexity index is 597. The monoisotopic (exact) mass is 299 g/mol. The molecule has 1 atom stereocenters. The highest BCUT2D eigenvalue weighted by molar-refractivity contribution is 7.92. The van der Waals surface area contributed by atoms with Crippen LogP contribution in [0.1, 0.15) is 34.1 Å². The van der Waals surface area contributed by atoms with Crippen LogP contribution in [0.5, 0.6) is 0 Å². The predicted octanol–water partition coefficient (Wildman–Crippen LogP) is 1.13. The smallest absolute Gasteiger partial charge is 0.238 e. The van der Waals surface area contributed by atoms with Gasteiger partial charge in [0.05, 0.1) is 5.69 Å². The lowest BCUT2D eigenvalue weighted by atomic mass is 10.0. The van der Waals surface area contributed by atoms with Crippen LogP contribution < -0.4 is 11.1 Å². The first-order valence-electron chi connectivity index (χ1n) is 6.38. The molecule has 6 nitrogen and oxygen atoms in total. The standard InChI is InChI=1S/C13H21N3O3S/c1-5-13(3,4)16-11(17)9(2)20(18,19)12-10(14)7-6-8-15-12/h6-9H,5,14H2,1-4H3,(H,16,17). The summed E-state index contributed by atoms with van der Waals surface area (Å²) in [5, 5.41) is 1.22. The van der Waals surface area contributed by atoms with Crippen molar-refractivity contribution in [1.29, 1.82) is 0 Å². The molecule has 0 bridgehead atoms. The molecule has 1 unspecified atom stereocenters. The van der Waals surface area contributed by atoms with E-state index in [1.54, 1.807) is 6.07 Å². The third kappa shape index (κ3) is 3.47. The SMILES string of the molecule is CCC(C)(C)NC(=O)C(C)S(=O)(=O)c1ncccc1N. The lowest BCUT2D eigenvalue weighted by Crippen LogP contribution is -2.48. The van der Waals surface area contributed by atoms with Crippen LogP contribution in [0.25, 0.3) is 0 Å². The minimum atomic E-state index is -3.90. The highest BCUT2D eigenvalue weighted by atomic mass is 32.2.